The Morgan fingerprint density at radius 3 is 2.61 bits per heavy atom. The third-order valence-corrected chi connectivity index (χ3v) is 4.95. The number of hydrogen-bond donors (Lipinski definition) is 1. The van der Waals surface area contributed by atoms with E-state index in [1.54, 1.807) is 29.2 Å². The molecule has 0 radical (unpaired) electrons. The SMILES string of the molecule is CC(C)(C)C(=O)N1CCOc2ccc(NC(=O)c3ccc4c(c3)COC4)cc21. The van der Waals surface area contributed by atoms with E-state index in [0.29, 0.717) is 49.1 Å². The van der Waals surface area contributed by atoms with Crippen LogP contribution in [0.4, 0.5) is 11.4 Å². The van der Waals surface area contributed by atoms with Crippen LogP contribution in [0.2, 0.25) is 0 Å². The number of fused-ring (bicyclic) bond motifs is 2. The van der Waals surface area contributed by atoms with Crippen molar-refractivity contribution < 1.29 is 19.1 Å². The summed E-state index contributed by atoms with van der Waals surface area (Å²) in [5.41, 5.74) is 3.57. The molecule has 28 heavy (non-hydrogen) atoms. The Balaban J connectivity index is 1.58. The number of carbonyl (C=O) groups is 2. The van der Waals surface area contributed by atoms with Crippen molar-refractivity contribution in [1.29, 1.82) is 0 Å². The summed E-state index contributed by atoms with van der Waals surface area (Å²) in [7, 11) is 0. The quantitative estimate of drug-likeness (QED) is 0.862. The van der Waals surface area contributed by atoms with Gasteiger partial charge in [0, 0.05) is 16.7 Å². The van der Waals surface area contributed by atoms with Crippen LogP contribution in [0.1, 0.15) is 42.3 Å². The van der Waals surface area contributed by atoms with Crippen LogP contribution in [0, 0.1) is 5.41 Å². The average Bonchev–Trinajstić information content (AvgIpc) is 3.14. The first-order valence-electron chi connectivity index (χ1n) is 9.43. The zero-order valence-electron chi connectivity index (χ0n) is 16.4. The molecule has 0 saturated heterocycles. The van der Waals surface area contributed by atoms with E-state index < -0.39 is 5.41 Å². The number of carbonyl (C=O) groups excluding carboxylic acids is 2. The summed E-state index contributed by atoms with van der Waals surface area (Å²) in [6.07, 6.45) is 0. The van der Waals surface area contributed by atoms with Gasteiger partial charge in [0.2, 0.25) is 5.91 Å². The van der Waals surface area contributed by atoms with E-state index in [9.17, 15) is 9.59 Å². The average molecular weight is 380 g/mol. The molecule has 2 aliphatic heterocycles. The van der Waals surface area contributed by atoms with Crippen LogP contribution in [0.3, 0.4) is 0 Å². The zero-order chi connectivity index (χ0) is 19.9. The molecule has 0 saturated carbocycles. The number of amides is 2. The van der Waals surface area contributed by atoms with Gasteiger partial charge in [-0.1, -0.05) is 26.8 Å². The first kappa shape index (κ1) is 18.5. The molecule has 2 heterocycles. The molecular formula is C22H24N2O4. The predicted octanol–water partition coefficient (Wildman–Crippen LogP) is 3.74. The van der Waals surface area contributed by atoms with Crippen molar-refractivity contribution in [3.63, 3.8) is 0 Å². The minimum absolute atomic E-state index is 0.0270. The molecule has 0 aliphatic carbocycles. The number of hydrogen-bond acceptors (Lipinski definition) is 4. The number of anilines is 2. The predicted molar refractivity (Wildman–Crippen MR) is 107 cm³/mol. The highest BCUT2D eigenvalue weighted by molar-refractivity contribution is 6.05. The van der Waals surface area contributed by atoms with Gasteiger partial charge in [0.25, 0.3) is 5.91 Å². The van der Waals surface area contributed by atoms with Crippen molar-refractivity contribution in [2.24, 2.45) is 5.41 Å². The van der Waals surface area contributed by atoms with Crippen LogP contribution in [-0.2, 0) is 22.7 Å². The lowest BCUT2D eigenvalue weighted by atomic mass is 9.94. The summed E-state index contributed by atoms with van der Waals surface area (Å²) < 4.78 is 11.1. The number of nitrogens with zero attached hydrogens (tertiary/aromatic N) is 1. The van der Waals surface area contributed by atoms with Crippen molar-refractivity contribution in [2.45, 2.75) is 34.0 Å². The van der Waals surface area contributed by atoms with E-state index in [2.05, 4.69) is 5.32 Å². The molecule has 0 atom stereocenters. The minimum Gasteiger partial charge on any atom is -0.490 e. The second-order valence-electron chi connectivity index (χ2n) is 8.17. The van der Waals surface area contributed by atoms with Gasteiger partial charge >= 0.3 is 0 Å². The Labute approximate surface area is 164 Å². The number of ether oxygens (including phenoxy) is 2. The lowest BCUT2D eigenvalue weighted by molar-refractivity contribution is -0.126. The van der Waals surface area contributed by atoms with Gasteiger partial charge in [0.15, 0.2) is 0 Å². The second-order valence-corrected chi connectivity index (χ2v) is 8.17. The van der Waals surface area contributed by atoms with E-state index in [-0.39, 0.29) is 11.8 Å². The number of rotatable bonds is 2. The summed E-state index contributed by atoms with van der Waals surface area (Å²) in [6, 6.07) is 11.0. The van der Waals surface area contributed by atoms with E-state index in [1.165, 1.54) is 0 Å². The summed E-state index contributed by atoms with van der Waals surface area (Å²) in [6.45, 7) is 7.77. The van der Waals surface area contributed by atoms with E-state index >= 15 is 0 Å². The zero-order valence-corrected chi connectivity index (χ0v) is 16.4. The first-order chi connectivity index (χ1) is 13.3. The maximum Gasteiger partial charge on any atom is 0.255 e. The Morgan fingerprint density at radius 1 is 1.04 bits per heavy atom. The molecule has 2 amide bonds. The Morgan fingerprint density at radius 2 is 1.82 bits per heavy atom. The molecule has 0 fully saturated rings. The fourth-order valence-corrected chi connectivity index (χ4v) is 3.43. The molecule has 0 aromatic heterocycles. The number of benzene rings is 2. The molecule has 2 aliphatic rings. The standard InChI is InChI=1S/C22H24N2O4/c1-22(2,3)21(26)24-8-9-28-19-7-6-17(11-18(19)24)23-20(25)14-4-5-15-12-27-13-16(15)10-14/h4-7,10-11H,8-9,12-13H2,1-3H3,(H,23,25). The van der Waals surface area contributed by atoms with Gasteiger partial charge < -0.3 is 19.7 Å². The van der Waals surface area contributed by atoms with Crippen LogP contribution in [-0.4, -0.2) is 25.0 Å². The maximum atomic E-state index is 12.8. The molecule has 4 rings (SSSR count). The van der Waals surface area contributed by atoms with Crippen LogP contribution >= 0.6 is 0 Å². The molecular weight excluding hydrogens is 356 g/mol. The van der Waals surface area contributed by atoms with E-state index in [1.807, 2.05) is 32.9 Å². The monoisotopic (exact) mass is 380 g/mol. The third kappa shape index (κ3) is 3.47. The summed E-state index contributed by atoms with van der Waals surface area (Å²) in [4.78, 5) is 27.2. The smallest absolute Gasteiger partial charge is 0.255 e. The molecule has 1 N–H and O–H groups in total. The van der Waals surface area contributed by atoms with Crippen molar-refractivity contribution in [2.75, 3.05) is 23.4 Å². The molecule has 6 nitrogen and oxygen atoms in total. The van der Waals surface area contributed by atoms with Gasteiger partial charge in [0.1, 0.15) is 12.4 Å². The molecule has 6 heteroatoms. The maximum absolute atomic E-state index is 12.8. The summed E-state index contributed by atoms with van der Waals surface area (Å²) >= 11 is 0. The van der Waals surface area contributed by atoms with Crippen molar-refractivity contribution in [3.8, 4) is 5.75 Å². The molecule has 0 unspecified atom stereocenters. The van der Waals surface area contributed by atoms with E-state index in [4.69, 9.17) is 9.47 Å². The van der Waals surface area contributed by atoms with Gasteiger partial charge in [0.05, 0.1) is 25.4 Å². The summed E-state index contributed by atoms with van der Waals surface area (Å²) in [5.74, 6) is 0.482. The molecule has 2 aromatic carbocycles. The highest BCUT2D eigenvalue weighted by Gasteiger charge is 2.32. The van der Waals surface area contributed by atoms with Crippen LogP contribution in [0.25, 0.3) is 0 Å². The molecule has 0 spiro atoms. The van der Waals surface area contributed by atoms with E-state index in [0.717, 1.165) is 11.1 Å². The van der Waals surface area contributed by atoms with Crippen LogP contribution < -0.4 is 15.0 Å². The van der Waals surface area contributed by atoms with Crippen molar-refractivity contribution >= 4 is 23.2 Å². The third-order valence-electron chi connectivity index (χ3n) is 4.95. The van der Waals surface area contributed by atoms with Crippen LogP contribution in [0.15, 0.2) is 36.4 Å². The largest absolute Gasteiger partial charge is 0.490 e. The van der Waals surface area contributed by atoms with Gasteiger partial charge in [-0.25, -0.2) is 0 Å². The fraction of sp³-hybridized carbons (Fsp3) is 0.364. The Hall–Kier alpha value is -2.86. The highest BCUT2D eigenvalue weighted by Crippen LogP contribution is 2.36. The van der Waals surface area contributed by atoms with Crippen LogP contribution in [0.5, 0.6) is 5.75 Å². The Kier molecular flexibility index (Phi) is 4.59. The Bertz CT molecular complexity index is 946. The second kappa shape index (κ2) is 6.95. The van der Waals surface area contributed by atoms with Gasteiger partial charge in [-0.15, -0.1) is 0 Å². The fourth-order valence-electron chi connectivity index (χ4n) is 3.43. The van der Waals surface area contributed by atoms with Crippen molar-refractivity contribution in [3.05, 3.63) is 53.1 Å². The minimum atomic E-state index is -0.500. The van der Waals surface area contributed by atoms with Crippen molar-refractivity contribution in [1.82, 2.24) is 0 Å². The van der Waals surface area contributed by atoms with Gasteiger partial charge in [-0.2, -0.15) is 0 Å². The first-order valence-corrected chi connectivity index (χ1v) is 9.43. The lowest BCUT2D eigenvalue weighted by Gasteiger charge is -2.34. The van der Waals surface area contributed by atoms with Gasteiger partial charge in [-0.3, -0.25) is 9.59 Å². The summed E-state index contributed by atoms with van der Waals surface area (Å²) in [5, 5.41) is 2.92. The number of nitrogens with one attached hydrogen (secondary N) is 1. The molecule has 2 aromatic rings. The lowest BCUT2D eigenvalue weighted by Crippen LogP contribution is -2.44. The topological polar surface area (TPSA) is 67.9 Å². The normalized spacial score (nSPS) is 15.5. The molecule has 146 valence electrons. The highest BCUT2D eigenvalue weighted by atomic mass is 16.5. The van der Waals surface area contributed by atoms with Gasteiger partial charge in [-0.05, 0) is 41.5 Å². The molecule has 0 bridgehead atoms.